The van der Waals surface area contributed by atoms with Crippen LogP contribution in [-0.2, 0) is 4.79 Å². The van der Waals surface area contributed by atoms with E-state index in [2.05, 4.69) is 0 Å². The van der Waals surface area contributed by atoms with Crippen LogP contribution in [0.1, 0.15) is 24.0 Å². The highest BCUT2D eigenvalue weighted by molar-refractivity contribution is 5.82. The van der Waals surface area contributed by atoms with Gasteiger partial charge in [-0.3, -0.25) is 14.9 Å². The molecule has 0 fully saturated rings. The lowest BCUT2D eigenvalue weighted by Gasteiger charge is -2.19. The summed E-state index contributed by atoms with van der Waals surface area (Å²) in [6, 6.07) is 18.8. The highest BCUT2D eigenvalue weighted by Gasteiger charge is 2.29. The zero-order valence-corrected chi connectivity index (χ0v) is 13.0. The van der Waals surface area contributed by atoms with Crippen LogP contribution >= 0.6 is 0 Å². The number of ketones is 1. The Kier molecular flexibility index (Phi) is 5.80. The molecule has 0 aliphatic rings. The molecule has 2 aromatic rings. The molecule has 0 aliphatic heterocycles. The molecule has 0 aliphatic carbocycles. The Labute approximate surface area is 135 Å². The molecule has 0 aromatic heterocycles. The lowest BCUT2D eigenvalue weighted by molar-refractivity contribution is -0.484. The number of nitro groups is 1. The predicted octanol–water partition coefficient (Wildman–Crippen LogP) is 3.97. The minimum Gasteiger partial charge on any atom is -0.299 e. The fourth-order valence-electron chi connectivity index (χ4n) is 2.62. The monoisotopic (exact) mass is 309 g/mol. The first-order valence-corrected chi connectivity index (χ1v) is 7.48. The van der Waals surface area contributed by atoms with E-state index in [1.165, 1.54) is 6.92 Å². The first kappa shape index (κ1) is 16.6. The van der Waals surface area contributed by atoms with E-state index in [-0.39, 0.29) is 17.3 Å². The van der Waals surface area contributed by atoms with Crippen LogP contribution in [0.5, 0.6) is 0 Å². The number of Topliss-reactive ketones (excluding diaryl/α,β-unsaturated/α-hetero) is 1. The number of hydrogen-bond acceptors (Lipinski definition) is 3. The topological polar surface area (TPSA) is 60.2 Å². The number of nitrogens with zero attached hydrogens (tertiary/aromatic N) is 1. The van der Waals surface area contributed by atoms with Crippen molar-refractivity contribution in [2.45, 2.75) is 12.8 Å². The van der Waals surface area contributed by atoms with E-state index in [1.807, 2.05) is 66.7 Å². The maximum atomic E-state index is 12.1. The molecular formula is C19H19NO3. The van der Waals surface area contributed by atoms with Gasteiger partial charge in [0.05, 0.1) is 5.92 Å². The van der Waals surface area contributed by atoms with Crippen molar-refractivity contribution in [1.82, 2.24) is 0 Å². The minimum atomic E-state index is -0.525. The molecule has 118 valence electrons. The molecule has 0 radical (unpaired) electrons. The molecule has 0 bridgehead atoms. The van der Waals surface area contributed by atoms with Gasteiger partial charge in [-0.2, -0.15) is 0 Å². The van der Waals surface area contributed by atoms with Gasteiger partial charge in [-0.1, -0.05) is 72.8 Å². The fourth-order valence-corrected chi connectivity index (χ4v) is 2.62. The third-order valence-electron chi connectivity index (χ3n) is 3.77. The average molecular weight is 309 g/mol. The highest BCUT2D eigenvalue weighted by atomic mass is 16.6. The van der Waals surface area contributed by atoms with E-state index in [1.54, 1.807) is 6.08 Å². The molecule has 2 rings (SSSR count). The zero-order chi connectivity index (χ0) is 16.7. The third kappa shape index (κ3) is 4.88. The lowest BCUT2D eigenvalue weighted by Crippen LogP contribution is -2.25. The fraction of sp³-hybridized carbons (Fsp3) is 0.211. The SMILES string of the molecule is CC(=O)[C@@H](/C=C/c1ccccc1)[C@H](C[N+](=O)[O-])c1ccccc1. The Morgan fingerprint density at radius 1 is 1.09 bits per heavy atom. The molecular weight excluding hydrogens is 290 g/mol. The third-order valence-corrected chi connectivity index (χ3v) is 3.77. The molecule has 0 amide bonds. The number of hydrogen-bond donors (Lipinski definition) is 0. The Morgan fingerprint density at radius 3 is 2.17 bits per heavy atom. The number of allylic oxidation sites excluding steroid dienone is 1. The van der Waals surface area contributed by atoms with Gasteiger partial charge in [0.1, 0.15) is 5.78 Å². The number of benzene rings is 2. The van der Waals surface area contributed by atoms with E-state index in [9.17, 15) is 14.9 Å². The maximum absolute atomic E-state index is 12.1. The Morgan fingerprint density at radius 2 is 1.65 bits per heavy atom. The molecule has 2 atom stereocenters. The van der Waals surface area contributed by atoms with E-state index in [0.717, 1.165) is 11.1 Å². The van der Waals surface area contributed by atoms with Crippen molar-refractivity contribution in [1.29, 1.82) is 0 Å². The molecule has 0 N–H and O–H groups in total. The van der Waals surface area contributed by atoms with Crippen LogP contribution in [0.3, 0.4) is 0 Å². The first-order chi connectivity index (χ1) is 11.1. The summed E-state index contributed by atoms with van der Waals surface area (Å²) in [7, 11) is 0. The Balaban J connectivity index is 2.33. The summed E-state index contributed by atoms with van der Waals surface area (Å²) in [6.45, 7) is 1.21. The van der Waals surface area contributed by atoms with Gasteiger partial charge in [-0.25, -0.2) is 0 Å². The quantitative estimate of drug-likeness (QED) is 0.574. The summed E-state index contributed by atoms with van der Waals surface area (Å²) in [6.07, 6.45) is 3.63. The van der Waals surface area contributed by atoms with Gasteiger partial charge in [-0.05, 0) is 18.1 Å². The Bertz CT molecular complexity index is 680. The number of rotatable bonds is 7. The van der Waals surface area contributed by atoms with Crippen molar-refractivity contribution in [3.63, 3.8) is 0 Å². The number of carbonyl (C=O) groups excluding carboxylic acids is 1. The van der Waals surface area contributed by atoms with Gasteiger partial charge in [0.15, 0.2) is 0 Å². The van der Waals surface area contributed by atoms with Crippen LogP contribution in [0, 0.1) is 16.0 Å². The zero-order valence-electron chi connectivity index (χ0n) is 13.0. The van der Waals surface area contributed by atoms with Gasteiger partial charge in [0, 0.05) is 10.8 Å². The molecule has 0 spiro atoms. The normalized spacial score (nSPS) is 13.6. The van der Waals surface area contributed by atoms with Crippen molar-refractivity contribution in [2.75, 3.05) is 6.54 Å². The van der Waals surface area contributed by atoms with Crippen molar-refractivity contribution in [3.8, 4) is 0 Å². The van der Waals surface area contributed by atoms with Crippen LogP contribution in [0.25, 0.3) is 6.08 Å². The number of carbonyl (C=O) groups is 1. The van der Waals surface area contributed by atoms with Crippen LogP contribution in [0.15, 0.2) is 66.7 Å². The van der Waals surface area contributed by atoms with Crippen molar-refractivity contribution in [2.24, 2.45) is 5.92 Å². The lowest BCUT2D eigenvalue weighted by atomic mass is 9.83. The van der Waals surface area contributed by atoms with Crippen LogP contribution in [0.4, 0.5) is 0 Å². The molecule has 4 nitrogen and oxygen atoms in total. The van der Waals surface area contributed by atoms with Gasteiger partial charge in [0.25, 0.3) is 0 Å². The van der Waals surface area contributed by atoms with E-state index in [0.29, 0.717) is 0 Å². The summed E-state index contributed by atoms with van der Waals surface area (Å²) < 4.78 is 0. The average Bonchev–Trinajstić information content (AvgIpc) is 2.55. The second-order valence-electron chi connectivity index (χ2n) is 5.44. The smallest absolute Gasteiger partial charge is 0.211 e. The van der Waals surface area contributed by atoms with Crippen LogP contribution < -0.4 is 0 Å². The van der Waals surface area contributed by atoms with Crippen LogP contribution in [0.2, 0.25) is 0 Å². The Hall–Kier alpha value is -2.75. The minimum absolute atomic E-state index is 0.0760. The highest BCUT2D eigenvalue weighted by Crippen LogP contribution is 2.27. The molecule has 0 heterocycles. The van der Waals surface area contributed by atoms with Gasteiger partial charge in [0.2, 0.25) is 6.54 Å². The second kappa shape index (κ2) is 8.03. The molecule has 23 heavy (non-hydrogen) atoms. The van der Waals surface area contributed by atoms with Gasteiger partial charge >= 0.3 is 0 Å². The summed E-state index contributed by atoms with van der Waals surface area (Å²) in [5.41, 5.74) is 1.77. The molecule has 0 unspecified atom stereocenters. The van der Waals surface area contributed by atoms with Gasteiger partial charge in [-0.15, -0.1) is 0 Å². The summed E-state index contributed by atoms with van der Waals surface area (Å²) >= 11 is 0. The maximum Gasteiger partial charge on any atom is 0.211 e. The van der Waals surface area contributed by atoms with E-state index in [4.69, 9.17) is 0 Å². The predicted molar refractivity (Wildman–Crippen MR) is 90.7 cm³/mol. The van der Waals surface area contributed by atoms with E-state index >= 15 is 0 Å². The first-order valence-electron chi connectivity index (χ1n) is 7.48. The summed E-state index contributed by atoms with van der Waals surface area (Å²) in [4.78, 5) is 22.8. The summed E-state index contributed by atoms with van der Waals surface area (Å²) in [5.74, 6) is -1.07. The summed E-state index contributed by atoms with van der Waals surface area (Å²) in [5, 5.41) is 11.1. The standard InChI is InChI=1S/C19H19NO3/c1-15(21)18(13-12-16-8-4-2-5-9-16)19(14-20(22)23)17-10-6-3-7-11-17/h2-13,18-19H,14H2,1H3/b13-12+/t18-,19-/m1/s1. The van der Waals surface area contributed by atoms with Crippen molar-refractivity contribution < 1.29 is 9.72 Å². The van der Waals surface area contributed by atoms with Gasteiger partial charge < -0.3 is 0 Å². The molecule has 4 heteroatoms. The second-order valence-corrected chi connectivity index (χ2v) is 5.44. The molecule has 0 saturated heterocycles. The largest absolute Gasteiger partial charge is 0.299 e. The van der Waals surface area contributed by atoms with Crippen LogP contribution in [-0.4, -0.2) is 17.3 Å². The van der Waals surface area contributed by atoms with E-state index < -0.39 is 11.8 Å². The molecule has 0 saturated carbocycles. The van der Waals surface area contributed by atoms with Crippen molar-refractivity contribution in [3.05, 3.63) is 88.0 Å². The van der Waals surface area contributed by atoms with Crippen molar-refractivity contribution >= 4 is 11.9 Å². The molecule has 2 aromatic carbocycles.